The van der Waals surface area contributed by atoms with Gasteiger partial charge in [0.25, 0.3) is 0 Å². The van der Waals surface area contributed by atoms with Gasteiger partial charge in [0.2, 0.25) is 0 Å². The highest BCUT2D eigenvalue weighted by Gasteiger charge is 2.12. The van der Waals surface area contributed by atoms with E-state index in [0.29, 0.717) is 6.04 Å². The van der Waals surface area contributed by atoms with E-state index in [1.165, 1.54) is 37.0 Å². The second-order valence-corrected chi connectivity index (χ2v) is 5.02. The monoisotopic (exact) mass is 251 g/mol. The molecule has 0 aromatic heterocycles. The zero-order valence-electron chi connectivity index (χ0n) is 10.7. The third-order valence-corrected chi connectivity index (χ3v) is 3.34. The van der Waals surface area contributed by atoms with E-state index in [2.05, 4.69) is 5.32 Å². The molecule has 1 fully saturated rings. The first-order valence-corrected chi connectivity index (χ1v) is 6.51. The first kappa shape index (κ1) is 13.2. The van der Waals surface area contributed by atoms with Crippen LogP contribution in [0.25, 0.3) is 6.08 Å². The minimum absolute atomic E-state index is 0.528. The lowest BCUT2D eigenvalue weighted by atomic mass is 9.97. The number of benzene rings is 1. The lowest BCUT2D eigenvalue weighted by molar-refractivity contribution is 0.399. The molecule has 1 aliphatic heterocycles. The Labute approximate surface area is 107 Å². The summed E-state index contributed by atoms with van der Waals surface area (Å²) in [6.07, 6.45) is 6.62. The van der Waals surface area contributed by atoms with Gasteiger partial charge in [-0.3, -0.25) is 0 Å². The SMILES string of the molecule is C/C(=C/c1ccc(F)c(F)c1)CC1CCCCN1. The van der Waals surface area contributed by atoms with Gasteiger partial charge in [0.1, 0.15) is 0 Å². The largest absolute Gasteiger partial charge is 0.314 e. The molecule has 1 nitrogen and oxygen atoms in total. The molecule has 0 radical (unpaired) electrons. The van der Waals surface area contributed by atoms with Crippen LogP contribution >= 0.6 is 0 Å². The van der Waals surface area contributed by atoms with Gasteiger partial charge in [-0.1, -0.05) is 24.1 Å². The Kier molecular flexibility index (Phi) is 4.48. The molecule has 1 saturated heterocycles. The quantitative estimate of drug-likeness (QED) is 0.859. The molecular weight excluding hydrogens is 232 g/mol. The molecule has 1 aromatic rings. The second-order valence-electron chi connectivity index (χ2n) is 5.02. The van der Waals surface area contributed by atoms with E-state index >= 15 is 0 Å². The van der Waals surface area contributed by atoms with Crippen LogP contribution < -0.4 is 5.32 Å². The molecule has 1 unspecified atom stereocenters. The van der Waals surface area contributed by atoms with Crippen LogP contribution in [0, 0.1) is 11.6 Å². The number of hydrogen-bond donors (Lipinski definition) is 1. The minimum Gasteiger partial charge on any atom is -0.314 e. The fourth-order valence-corrected chi connectivity index (χ4v) is 2.43. The fourth-order valence-electron chi connectivity index (χ4n) is 2.43. The molecule has 0 amide bonds. The highest BCUT2D eigenvalue weighted by atomic mass is 19.2. The predicted molar refractivity (Wildman–Crippen MR) is 70.3 cm³/mol. The first-order chi connectivity index (χ1) is 8.65. The molecule has 0 saturated carbocycles. The summed E-state index contributed by atoms with van der Waals surface area (Å²) < 4.78 is 25.9. The molecule has 0 bridgehead atoms. The lowest BCUT2D eigenvalue weighted by Gasteiger charge is -2.23. The van der Waals surface area contributed by atoms with Gasteiger partial charge in [-0.2, -0.15) is 0 Å². The van der Waals surface area contributed by atoms with Crippen LogP contribution in [-0.4, -0.2) is 12.6 Å². The number of nitrogens with one attached hydrogen (secondary N) is 1. The smallest absolute Gasteiger partial charge is 0.159 e. The molecule has 3 heteroatoms. The van der Waals surface area contributed by atoms with E-state index < -0.39 is 11.6 Å². The maximum Gasteiger partial charge on any atom is 0.159 e. The van der Waals surface area contributed by atoms with Crippen molar-refractivity contribution in [1.82, 2.24) is 5.32 Å². The third-order valence-electron chi connectivity index (χ3n) is 3.34. The van der Waals surface area contributed by atoms with Crippen molar-refractivity contribution in [3.8, 4) is 0 Å². The summed E-state index contributed by atoms with van der Waals surface area (Å²) in [5.41, 5.74) is 1.92. The Morgan fingerprint density at radius 2 is 2.17 bits per heavy atom. The normalized spacial score (nSPS) is 21.1. The Balaban J connectivity index is 2.00. The van der Waals surface area contributed by atoms with E-state index in [1.807, 2.05) is 13.0 Å². The van der Waals surface area contributed by atoms with E-state index in [9.17, 15) is 8.78 Å². The van der Waals surface area contributed by atoms with Crippen LogP contribution in [0.5, 0.6) is 0 Å². The number of halogens is 2. The average molecular weight is 251 g/mol. The molecule has 2 rings (SSSR count). The predicted octanol–water partition coefficient (Wildman–Crippen LogP) is 3.90. The van der Waals surface area contributed by atoms with Gasteiger partial charge in [0.15, 0.2) is 11.6 Å². The van der Waals surface area contributed by atoms with Crippen LogP contribution in [0.15, 0.2) is 23.8 Å². The fraction of sp³-hybridized carbons (Fsp3) is 0.467. The Bertz CT molecular complexity index is 434. The van der Waals surface area contributed by atoms with E-state index in [1.54, 1.807) is 6.07 Å². The van der Waals surface area contributed by atoms with Crippen LogP contribution in [0.4, 0.5) is 8.78 Å². The molecular formula is C15H19F2N. The van der Waals surface area contributed by atoms with Crippen molar-refractivity contribution < 1.29 is 8.78 Å². The molecule has 1 aromatic carbocycles. The summed E-state index contributed by atoms with van der Waals surface area (Å²) in [4.78, 5) is 0. The van der Waals surface area contributed by atoms with Crippen LogP contribution in [-0.2, 0) is 0 Å². The highest BCUT2D eigenvalue weighted by molar-refractivity contribution is 5.52. The molecule has 0 aliphatic carbocycles. The highest BCUT2D eigenvalue weighted by Crippen LogP contribution is 2.18. The summed E-state index contributed by atoms with van der Waals surface area (Å²) in [5.74, 6) is -1.58. The maximum atomic E-state index is 13.1. The van der Waals surface area contributed by atoms with Gasteiger partial charge in [0.05, 0.1) is 0 Å². The Morgan fingerprint density at radius 3 is 2.83 bits per heavy atom. The van der Waals surface area contributed by atoms with Crippen LogP contribution in [0.1, 0.15) is 38.2 Å². The van der Waals surface area contributed by atoms with Crippen molar-refractivity contribution in [2.45, 2.75) is 38.6 Å². The molecule has 98 valence electrons. The molecule has 1 aliphatic rings. The molecule has 18 heavy (non-hydrogen) atoms. The van der Waals surface area contributed by atoms with Gasteiger partial charge in [-0.05, 0) is 50.4 Å². The first-order valence-electron chi connectivity index (χ1n) is 6.51. The second kappa shape index (κ2) is 6.10. The molecule has 1 N–H and O–H groups in total. The van der Waals surface area contributed by atoms with Crippen molar-refractivity contribution in [2.24, 2.45) is 0 Å². The van der Waals surface area contributed by atoms with E-state index in [0.717, 1.165) is 18.5 Å². The van der Waals surface area contributed by atoms with E-state index in [4.69, 9.17) is 0 Å². The summed E-state index contributed by atoms with van der Waals surface area (Å²) in [5, 5.41) is 3.48. The standard InChI is InChI=1S/C15H19F2N/c1-11(9-13-4-2-3-7-18-13)8-12-5-6-14(16)15(17)10-12/h5-6,8,10,13,18H,2-4,7,9H2,1H3/b11-8-. The van der Waals surface area contributed by atoms with E-state index in [-0.39, 0.29) is 0 Å². The minimum atomic E-state index is -0.793. The van der Waals surface area contributed by atoms with Gasteiger partial charge in [0, 0.05) is 6.04 Å². The topological polar surface area (TPSA) is 12.0 Å². The van der Waals surface area contributed by atoms with Gasteiger partial charge < -0.3 is 5.32 Å². The van der Waals surface area contributed by atoms with Crippen molar-refractivity contribution in [1.29, 1.82) is 0 Å². The number of rotatable bonds is 3. The lowest BCUT2D eigenvalue weighted by Crippen LogP contribution is -2.33. The Hall–Kier alpha value is -1.22. The molecule has 1 atom stereocenters. The molecule has 0 spiro atoms. The van der Waals surface area contributed by atoms with Crippen molar-refractivity contribution in [3.63, 3.8) is 0 Å². The van der Waals surface area contributed by atoms with Gasteiger partial charge >= 0.3 is 0 Å². The summed E-state index contributed by atoms with van der Waals surface area (Å²) in [7, 11) is 0. The van der Waals surface area contributed by atoms with Gasteiger partial charge in [-0.25, -0.2) is 8.78 Å². The molecule has 1 heterocycles. The summed E-state index contributed by atoms with van der Waals surface area (Å²) in [6.45, 7) is 3.13. The third kappa shape index (κ3) is 3.64. The number of hydrogen-bond acceptors (Lipinski definition) is 1. The average Bonchev–Trinajstić information content (AvgIpc) is 2.35. The van der Waals surface area contributed by atoms with Crippen molar-refractivity contribution in [3.05, 3.63) is 41.0 Å². The Morgan fingerprint density at radius 1 is 1.33 bits per heavy atom. The zero-order chi connectivity index (χ0) is 13.0. The van der Waals surface area contributed by atoms with Crippen LogP contribution in [0.2, 0.25) is 0 Å². The maximum absolute atomic E-state index is 13.1. The zero-order valence-corrected chi connectivity index (χ0v) is 10.7. The van der Waals surface area contributed by atoms with Gasteiger partial charge in [-0.15, -0.1) is 0 Å². The van der Waals surface area contributed by atoms with Crippen molar-refractivity contribution >= 4 is 6.08 Å². The summed E-state index contributed by atoms with van der Waals surface area (Å²) in [6, 6.07) is 4.55. The van der Waals surface area contributed by atoms with Crippen LogP contribution in [0.3, 0.4) is 0 Å². The summed E-state index contributed by atoms with van der Waals surface area (Å²) >= 11 is 0. The number of piperidine rings is 1. The van der Waals surface area contributed by atoms with Crippen molar-refractivity contribution in [2.75, 3.05) is 6.54 Å².